The standard InChI is InChI=1S/C14H21N3O6/c18-12(19)11-8-3-5-17(10(8)6-16-11)14(21)23-7-22-13(20)9-2-1-4-15-9/h8-11,15-16H,1-7H2,(H,18,19)/t8?,9-,10?,11?/m0/s1. The van der Waals surface area contributed by atoms with Crippen LogP contribution in [-0.2, 0) is 19.1 Å². The Labute approximate surface area is 133 Å². The maximum atomic E-state index is 12.1. The largest absolute Gasteiger partial charge is 0.480 e. The Morgan fingerprint density at radius 1 is 1.17 bits per heavy atom. The summed E-state index contributed by atoms with van der Waals surface area (Å²) < 4.78 is 9.95. The summed E-state index contributed by atoms with van der Waals surface area (Å²) in [5, 5.41) is 15.0. The highest BCUT2D eigenvalue weighted by Crippen LogP contribution is 2.31. The molecule has 3 saturated heterocycles. The predicted octanol–water partition coefficient (Wildman–Crippen LogP) is -0.877. The second kappa shape index (κ2) is 6.71. The van der Waals surface area contributed by atoms with Crippen molar-refractivity contribution >= 4 is 18.0 Å². The summed E-state index contributed by atoms with van der Waals surface area (Å²) in [5.41, 5.74) is 0. The van der Waals surface area contributed by atoms with Crippen molar-refractivity contribution in [3.05, 3.63) is 0 Å². The Balaban J connectivity index is 1.44. The molecule has 9 heteroatoms. The van der Waals surface area contributed by atoms with Crippen molar-refractivity contribution in [1.82, 2.24) is 15.5 Å². The maximum Gasteiger partial charge on any atom is 0.412 e. The van der Waals surface area contributed by atoms with Gasteiger partial charge in [0.25, 0.3) is 0 Å². The Morgan fingerprint density at radius 3 is 2.70 bits per heavy atom. The molecule has 3 fully saturated rings. The van der Waals surface area contributed by atoms with Gasteiger partial charge < -0.3 is 30.1 Å². The molecule has 3 unspecified atom stereocenters. The van der Waals surface area contributed by atoms with E-state index in [-0.39, 0.29) is 18.0 Å². The van der Waals surface area contributed by atoms with E-state index in [0.717, 1.165) is 19.4 Å². The molecule has 1 amide bonds. The van der Waals surface area contributed by atoms with Crippen molar-refractivity contribution in [2.75, 3.05) is 26.4 Å². The van der Waals surface area contributed by atoms with Gasteiger partial charge in [-0.05, 0) is 25.8 Å². The van der Waals surface area contributed by atoms with Crippen molar-refractivity contribution in [3.8, 4) is 0 Å². The number of nitrogens with zero attached hydrogens (tertiary/aromatic N) is 1. The maximum absolute atomic E-state index is 12.1. The Bertz CT molecular complexity index is 493. The van der Waals surface area contributed by atoms with E-state index in [0.29, 0.717) is 19.5 Å². The lowest BCUT2D eigenvalue weighted by molar-refractivity contribution is -0.154. The Kier molecular flexibility index (Phi) is 4.67. The summed E-state index contributed by atoms with van der Waals surface area (Å²) in [4.78, 5) is 36.4. The molecule has 0 aliphatic carbocycles. The number of hydrogen-bond acceptors (Lipinski definition) is 7. The van der Waals surface area contributed by atoms with Gasteiger partial charge in [-0.2, -0.15) is 0 Å². The zero-order valence-electron chi connectivity index (χ0n) is 12.7. The number of likely N-dealkylation sites (tertiary alicyclic amines) is 1. The fourth-order valence-electron chi connectivity index (χ4n) is 3.63. The molecule has 0 spiro atoms. The summed E-state index contributed by atoms with van der Waals surface area (Å²) in [5.74, 6) is -1.42. The minimum absolute atomic E-state index is 0.106. The van der Waals surface area contributed by atoms with Gasteiger partial charge in [0.05, 0.1) is 6.04 Å². The zero-order chi connectivity index (χ0) is 16.4. The van der Waals surface area contributed by atoms with Gasteiger partial charge in [0.15, 0.2) is 0 Å². The monoisotopic (exact) mass is 327 g/mol. The number of carboxylic acid groups (broad SMARTS) is 1. The first-order valence-electron chi connectivity index (χ1n) is 7.87. The first kappa shape index (κ1) is 16.0. The first-order valence-corrected chi connectivity index (χ1v) is 7.87. The van der Waals surface area contributed by atoms with Gasteiger partial charge in [0.2, 0.25) is 6.79 Å². The lowest BCUT2D eigenvalue weighted by Gasteiger charge is -2.22. The van der Waals surface area contributed by atoms with Gasteiger partial charge >= 0.3 is 18.0 Å². The highest BCUT2D eigenvalue weighted by Gasteiger charge is 2.48. The van der Waals surface area contributed by atoms with E-state index in [2.05, 4.69) is 10.6 Å². The average molecular weight is 327 g/mol. The molecular weight excluding hydrogens is 306 g/mol. The van der Waals surface area contributed by atoms with Gasteiger partial charge in [0, 0.05) is 19.0 Å². The van der Waals surface area contributed by atoms with Crippen molar-refractivity contribution in [2.45, 2.75) is 37.4 Å². The van der Waals surface area contributed by atoms with Crippen LogP contribution >= 0.6 is 0 Å². The van der Waals surface area contributed by atoms with Gasteiger partial charge in [-0.15, -0.1) is 0 Å². The zero-order valence-corrected chi connectivity index (χ0v) is 12.7. The van der Waals surface area contributed by atoms with E-state index in [4.69, 9.17) is 14.6 Å². The molecule has 3 aliphatic heterocycles. The highest BCUT2D eigenvalue weighted by atomic mass is 16.7. The number of carboxylic acids is 1. The lowest BCUT2D eigenvalue weighted by Crippen LogP contribution is -2.40. The highest BCUT2D eigenvalue weighted by molar-refractivity contribution is 5.77. The van der Waals surface area contributed by atoms with Crippen LogP contribution in [0, 0.1) is 5.92 Å². The minimum atomic E-state index is -0.897. The number of aliphatic carboxylic acids is 1. The lowest BCUT2D eigenvalue weighted by atomic mass is 9.97. The predicted molar refractivity (Wildman–Crippen MR) is 76.5 cm³/mol. The second-order valence-electron chi connectivity index (χ2n) is 6.08. The summed E-state index contributed by atoms with van der Waals surface area (Å²) >= 11 is 0. The van der Waals surface area contributed by atoms with E-state index in [1.54, 1.807) is 0 Å². The summed E-state index contributed by atoms with van der Waals surface area (Å²) in [7, 11) is 0. The minimum Gasteiger partial charge on any atom is -0.480 e. The number of esters is 1. The van der Waals surface area contributed by atoms with Crippen LogP contribution in [-0.4, -0.2) is 72.6 Å². The molecule has 0 saturated carbocycles. The van der Waals surface area contributed by atoms with Crippen molar-refractivity contribution < 1.29 is 29.0 Å². The molecule has 3 N–H and O–H groups in total. The van der Waals surface area contributed by atoms with E-state index in [1.807, 2.05) is 0 Å². The molecule has 0 aromatic carbocycles. The number of fused-ring (bicyclic) bond motifs is 1. The quantitative estimate of drug-likeness (QED) is 0.450. The van der Waals surface area contributed by atoms with Gasteiger partial charge in [-0.25, -0.2) is 4.79 Å². The normalized spacial score (nSPS) is 32.6. The number of hydrogen-bond donors (Lipinski definition) is 3. The molecule has 0 aromatic heterocycles. The van der Waals surface area contributed by atoms with Crippen LogP contribution in [0.3, 0.4) is 0 Å². The average Bonchev–Trinajstić information content (AvgIpc) is 3.23. The van der Waals surface area contributed by atoms with Gasteiger partial charge in [-0.3, -0.25) is 9.59 Å². The molecule has 0 radical (unpaired) electrons. The van der Waals surface area contributed by atoms with Crippen LogP contribution in [0.5, 0.6) is 0 Å². The molecule has 4 atom stereocenters. The van der Waals surface area contributed by atoms with Gasteiger partial charge in [-0.1, -0.05) is 0 Å². The Hall–Kier alpha value is -1.87. The third kappa shape index (κ3) is 3.25. The number of carbonyl (C=O) groups excluding carboxylic acids is 2. The van der Waals surface area contributed by atoms with Crippen LogP contribution in [0.25, 0.3) is 0 Å². The molecule has 3 rings (SSSR count). The van der Waals surface area contributed by atoms with E-state index in [9.17, 15) is 14.4 Å². The fourth-order valence-corrected chi connectivity index (χ4v) is 3.63. The number of carbonyl (C=O) groups is 3. The number of rotatable bonds is 4. The first-order chi connectivity index (χ1) is 11.1. The third-order valence-electron chi connectivity index (χ3n) is 4.80. The second-order valence-corrected chi connectivity index (χ2v) is 6.08. The smallest absolute Gasteiger partial charge is 0.412 e. The molecule has 23 heavy (non-hydrogen) atoms. The number of nitrogens with one attached hydrogen (secondary N) is 2. The van der Waals surface area contributed by atoms with Crippen LogP contribution in [0.1, 0.15) is 19.3 Å². The molecule has 128 valence electrons. The summed E-state index contributed by atoms with van der Waals surface area (Å²) in [6.45, 7) is 1.26. The number of amides is 1. The molecule has 3 aliphatic rings. The van der Waals surface area contributed by atoms with Gasteiger partial charge in [0.1, 0.15) is 12.1 Å². The molecular formula is C14H21N3O6. The van der Waals surface area contributed by atoms with Crippen molar-refractivity contribution in [3.63, 3.8) is 0 Å². The van der Waals surface area contributed by atoms with Crippen LogP contribution in [0.4, 0.5) is 4.79 Å². The molecule has 0 bridgehead atoms. The Morgan fingerprint density at radius 2 is 2.00 bits per heavy atom. The van der Waals surface area contributed by atoms with Crippen LogP contribution in [0.15, 0.2) is 0 Å². The van der Waals surface area contributed by atoms with Crippen molar-refractivity contribution in [1.29, 1.82) is 0 Å². The fraction of sp³-hybridized carbons (Fsp3) is 0.786. The van der Waals surface area contributed by atoms with Crippen LogP contribution < -0.4 is 10.6 Å². The molecule has 9 nitrogen and oxygen atoms in total. The third-order valence-corrected chi connectivity index (χ3v) is 4.80. The van der Waals surface area contributed by atoms with E-state index >= 15 is 0 Å². The van der Waals surface area contributed by atoms with E-state index < -0.39 is 30.9 Å². The molecule has 3 heterocycles. The summed E-state index contributed by atoms with van der Waals surface area (Å²) in [6.07, 6.45) is 1.70. The van der Waals surface area contributed by atoms with Crippen molar-refractivity contribution in [2.24, 2.45) is 5.92 Å². The van der Waals surface area contributed by atoms with Crippen LogP contribution in [0.2, 0.25) is 0 Å². The number of ether oxygens (including phenoxy) is 2. The SMILES string of the molecule is O=C(O)C1NCC2C1CCN2C(=O)OCOC(=O)[C@@H]1CCCN1. The summed E-state index contributed by atoms with van der Waals surface area (Å²) in [6, 6.07) is -1.12. The molecule has 0 aromatic rings. The topological polar surface area (TPSA) is 117 Å². The van der Waals surface area contributed by atoms with E-state index in [1.165, 1.54) is 4.90 Å².